The summed E-state index contributed by atoms with van der Waals surface area (Å²) in [5, 5.41) is 2.82. The monoisotopic (exact) mass is 388 g/mol. The first kappa shape index (κ1) is 19.3. The van der Waals surface area contributed by atoms with Gasteiger partial charge in [-0.15, -0.1) is 0 Å². The number of benzene rings is 1. The Kier molecular flexibility index (Phi) is 6.05. The highest BCUT2D eigenvalue weighted by Gasteiger charge is 2.17. The minimum atomic E-state index is -3.78. The molecule has 0 unspecified atom stereocenters. The van der Waals surface area contributed by atoms with Crippen molar-refractivity contribution >= 4 is 27.6 Å². The van der Waals surface area contributed by atoms with Crippen LogP contribution >= 0.6 is 0 Å². The molecule has 0 radical (unpaired) electrons. The van der Waals surface area contributed by atoms with E-state index in [0.29, 0.717) is 23.7 Å². The van der Waals surface area contributed by atoms with E-state index in [1.54, 1.807) is 25.1 Å². The van der Waals surface area contributed by atoms with Crippen LogP contribution in [0.4, 0.5) is 11.6 Å². The Morgan fingerprint density at radius 2 is 1.85 bits per heavy atom. The standard InChI is InChI=1S/C19H24N4O3S/c1-14-12-13-20-19(21-14)23-27(25,26)17-9-7-16(8-10-17)22-18(24)11-6-15-4-2-3-5-15/h7-10,12-13,15H,2-6,11H2,1H3,(H,22,24)(H,20,21,23). The third-order valence-electron chi connectivity index (χ3n) is 4.72. The van der Waals surface area contributed by atoms with Crippen LogP contribution in [0.25, 0.3) is 0 Å². The van der Waals surface area contributed by atoms with Crippen molar-refractivity contribution in [3.8, 4) is 0 Å². The third-order valence-corrected chi connectivity index (χ3v) is 6.07. The van der Waals surface area contributed by atoms with Gasteiger partial charge in [-0.3, -0.25) is 4.79 Å². The number of amides is 1. The predicted octanol–water partition coefficient (Wildman–Crippen LogP) is 3.49. The van der Waals surface area contributed by atoms with Crippen LogP contribution in [0.2, 0.25) is 0 Å². The lowest BCUT2D eigenvalue weighted by atomic mass is 10.0. The predicted molar refractivity (Wildman–Crippen MR) is 104 cm³/mol. The number of carbonyl (C=O) groups is 1. The fourth-order valence-corrected chi connectivity index (χ4v) is 4.20. The molecule has 7 nitrogen and oxygen atoms in total. The van der Waals surface area contributed by atoms with Gasteiger partial charge in [-0.1, -0.05) is 25.7 Å². The molecule has 0 saturated heterocycles. The Morgan fingerprint density at radius 3 is 2.52 bits per heavy atom. The van der Waals surface area contributed by atoms with Crippen molar-refractivity contribution < 1.29 is 13.2 Å². The number of anilines is 2. The molecule has 2 aromatic rings. The molecule has 1 heterocycles. The van der Waals surface area contributed by atoms with Gasteiger partial charge in [-0.2, -0.15) is 0 Å². The van der Waals surface area contributed by atoms with Gasteiger partial charge in [0.2, 0.25) is 11.9 Å². The zero-order valence-electron chi connectivity index (χ0n) is 15.3. The quantitative estimate of drug-likeness (QED) is 0.756. The van der Waals surface area contributed by atoms with Crippen molar-refractivity contribution in [1.29, 1.82) is 0 Å². The van der Waals surface area contributed by atoms with Crippen molar-refractivity contribution in [1.82, 2.24) is 9.97 Å². The molecule has 0 aliphatic heterocycles. The van der Waals surface area contributed by atoms with E-state index in [9.17, 15) is 13.2 Å². The summed E-state index contributed by atoms with van der Waals surface area (Å²) in [6.07, 6.45) is 7.88. The smallest absolute Gasteiger partial charge is 0.264 e. The van der Waals surface area contributed by atoms with Crippen molar-refractivity contribution in [2.75, 3.05) is 10.0 Å². The van der Waals surface area contributed by atoms with Crippen LogP contribution in [-0.2, 0) is 14.8 Å². The summed E-state index contributed by atoms with van der Waals surface area (Å²) >= 11 is 0. The number of hydrogen-bond donors (Lipinski definition) is 2. The molecule has 2 N–H and O–H groups in total. The number of sulfonamides is 1. The van der Waals surface area contributed by atoms with E-state index in [-0.39, 0.29) is 16.8 Å². The molecule has 1 aliphatic carbocycles. The van der Waals surface area contributed by atoms with Crippen LogP contribution in [-0.4, -0.2) is 24.3 Å². The van der Waals surface area contributed by atoms with Gasteiger partial charge in [0.15, 0.2) is 0 Å². The second kappa shape index (κ2) is 8.47. The van der Waals surface area contributed by atoms with Crippen LogP contribution in [0.1, 0.15) is 44.2 Å². The molecule has 1 aromatic carbocycles. The van der Waals surface area contributed by atoms with Gasteiger partial charge in [-0.05, 0) is 49.6 Å². The highest BCUT2D eigenvalue weighted by molar-refractivity contribution is 7.92. The first-order chi connectivity index (χ1) is 12.9. The summed E-state index contributed by atoms with van der Waals surface area (Å²) in [4.78, 5) is 20.1. The third kappa shape index (κ3) is 5.50. The summed E-state index contributed by atoms with van der Waals surface area (Å²) in [5.41, 5.74) is 1.25. The lowest BCUT2D eigenvalue weighted by Gasteiger charge is -2.10. The lowest BCUT2D eigenvalue weighted by Crippen LogP contribution is -2.16. The van der Waals surface area contributed by atoms with E-state index in [1.807, 2.05) is 0 Å². The Balaban J connectivity index is 1.57. The molecule has 27 heavy (non-hydrogen) atoms. The van der Waals surface area contributed by atoms with Crippen molar-refractivity contribution in [3.63, 3.8) is 0 Å². The number of aromatic nitrogens is 2. The van der Waals surface area contributed by atoms with E-state index >= 15 is 0 Å². The van der Waals surface area contributed by atoms with Crippen LogP contribution < -0.4 is 10.0 Å². The lowest BCUT2D eigenvalue weighted by molar-refractivity contribution is -0.116. The minimum absolute atomic E-state index is 0.0271. The van der Waals surface area contributed by atoms with Gasteiger partial charge in [0.25, 0.3) is 10.0 Å². The van der Waals surface area contributed by atoms with Gasteiger partial charge in [0.1, 0.15) is 0 Å². The molecule has 8 heteroatoms. The first-order valence-corrected chi connectivity index (χ1v) is 10.6. The molecule has 1 amide bonds. The number of hydrogen-bond acceptors (Lipinski definition) is 5. The van der Waals surface area contributed by atoms with Crippen LogP contribution in [0, 0.1) is 12.8 Å². The minimum Gasteiger partial charge on any atom is -0.326 e. The number of rotatable bonds is 7. The molecule has 1 aliphatic rings. The zero-order valence-corrected chi connectivity index (χ0v) is 16.1. The van der Waals surface area contributed by atoms with E-state index in [1.165, 1.54) is 44.0 Å². The highest BCUT2D eigenvalue weighted by atomic mass is 32.2. The number of carbonyl (C=O) groups excluding carboxylic acids is 1. The molecular weight excluding hydrogens is 364 g/mol. The summed E-state index contributed by atoms with van der Waals surface area (Å²) in [5.74, 6) is 0.654. The fourth-order valence-electron chi connectivity index (χ4n) is 3.25. The van der Waals surface area contributed by atoms with Gasteiger partial charge < -0.3 is 5.32 Å². The fraction of sp³-hybridized carbons (Fsp3) is 0.421. The number of nitrogens with zero attached hydrogens (tertiary/aromatic N) is 2. The normalized spacial score (nSPS) is 14.9. The molecule has 0 atom stereocenters. The SMILES string of the molecule is Cc1ccnc(NS(=O)(=O)c2ccc(NC(=O)CCC3CCCC3)cc2)n1. The molecule has 0 bridgehead atoms. The second-order valence-corrected chi connectivity index (χ2v) is 8.57. The molecule has 1 saturated carbocycles. The van der Waals surface area contributed by atoms with Gasteiger partial charge >= 0.3 is 0 Å². The van der Waals surface area contributed by atoms with Crippen LogP contribution in [0.5, 0.6) is 0 Å². The molecule has 1 fully saturated rings. The van der Waals surface area contributed by atoms with E-state index in [2.05, 4.69) is 20.0 Å². The van der Waals surface area contributed by atoms with E-state index in [0.717, 1.165) is 6.42 Å². The van der Waals surface area contributed by atoms with Crippen molar-refractivity contribution in [2.24, 2.45) is 5.92 Å². The Hall–Kier alpha value is -2.48. The van der Waals surface area contributed by atoms with Crippen LogP contribution in [0.15, 0.2) is 41.4 Å². The van der Waals surface area contributed by atoms with Gasteiger partial charge in [0, 0.05) is 24.0 Å². The molecule has 144 valence electrons. The summed E-state index contributed by atoms with van der Waals surface area (Å²) in [6, 6.07) is 7.75. The highest BCUT2D eigenvalue weighted by Crippen LogP contribution is 2.28. The number of nitrogens with one attached hydrogen (secondary N) is 2. The second-order valence-electron chi connectivity index (χ2n) is 6.89. The van der Waals surface area contributed by atoms with Crippen molar-refractivity contribution in [3.05, 3.63) is 42.2 Å². The summed E-state index contributed by atoms with van der Waals surface area (Å²) < 4.78 is 27.2. The summed E-state index contributed by atoms with van der Waals surface area (Å²) in [6.45, 7) is 1.75. The van der Waals surface area contributed by atoms with Crippen molar-refractivity contribution in [2.45, 2.75) is 50.3 Å². The van der Waals surface area contributed by atoms with E-state index < -0.39 is 10.0 Å². The maximum absolute atomic E-state index is 12.4. The van der Waals surface area contributed by atoms with Gasteiger partial charge in [-0.25, -0.2) is 23.1 Å². The summed E-state index contributed by atoms with van der Waals surface area (Å²) in [7, 11) is -3.78. The molecule has 1 aromatic heterocycles. The largest absolute Gasteiger partial charge is 0.326 e. The number of aryl methyl sites for hydroxylation is 1. The Labute approximate surface area is 159 Å². The average Bonchev–Trinajstić information content (AvgIpc) is 3.14. The molecular formula is C19H24N4O3S. The zero-order chi connectivity index (χ0) is 19.3. The first-order valence-electron chi connectivity index (χ1n) is 9.15. The molecule has 3 rings (SSSR count). The topological polar surface area (TPSA) is 101 Å². The van der Waals surface area contributed by atoms with E-state index in [4.69, 9.17) is 0 Å². The van der Waals surface area contributed by atoms with Crippen LogP contribution in [0.3, 0.4) is 0 Å². The Bertz CT molecular complexity index is 891. The Morgan fingerprint density at radius 1 is 1.15 bits per heavy atom. The molecule has 0 spiro atoms. The average molecular weight is 388 g/mol. The maximum atomic E-state index is 12.4. The van der Waals surface area contributed by atoms with Gasteiger partial charge in [0.05, 0.1) is 4.90 Å². The maximum Gasteiger partial charge on any atom is 0.264 e.